The van der Waals surface area contributed by atoms with E-state index in [2.05, 4.69) is 42.0 Å². The van der Waals surface area contributed by atoms with Crippen LogP contribution in [0.2, 0.25) is 10.0 Å². The zero-order valence-electron chi connectivity index (χ0n) is 11.3. The molecule has 0 spiro atoms. The van der Waals surface area contributed by atoms with Gasteiger partial charge in [-0.05, 0) is 49.7 Å². The lowest BCUT2D eigenvalue weighted by molar-refractivity contribution is 0.394. The van der Waals surface area contributed by atoms with Crippen LogP contribution in [0.25, 0.3) is 11.0 Å². The lowest BCUT2D eigenvalue weighted by Gasteiger charge is -2.19. The van der Waals surface area contributed by atoms with Crippen molar-refractivity contribution in [2.75, 3.05) is 0 Å². The summed E-state index contributed by atoms with van der Waals surface area (Å²) in [6, 6.07) is 1.76. The number of halogens is 3. The molecule has 0 unspecified atom stereocenters. The summed E-state index contributed by atoms with van der Waals surface area (Å²) in [6.45, 7) is 8.99. The minimum Gasteiger partial charge on any atom is -0.458 e. The number of hydrogen-bond donors (Lipinski definition) is 1. The number of rotatable bonds is 2. The molecular weight excluding hydrogens is 349 g/mol. The number of hydrogen-bond acceptors (Lipinski definition) is 2. The van der Waals surface area contributed by atoms with E-state index < -0.39 is 0 Å². The average Bonchev–Trinajstić information content (AvgIpc) is 2.61. The summed E-state index contributed by atoms with van der Waals surface area (Å²) in [4.78, 5) is 0. The summed E-state index contributed by atoms with van der Waals surface area (Å²) in [6.07, 6.45) is 0. The molecule has 1 aromatic carbocycles. The largest absolute Gasteiger partial charge is 0.458 e. The third kappa shape index (κ3) is 3.10. The van der Waals surface area contributed by atoms with Crippen molar-refractivity contribution >= 4 is 50.1 Å². The summed E-state index contributed by atoms with van der Waals surface area (Å²) in [5.74, 6) is 0.867. The van der Waals surface area contributed by atoms with Gasteiger partial charge in [0, 0.05) is 21.0 Å². The van der Waals surface area contributed by atoms with Gasteiger partial charge in [0.15, 0.2) is 5.58 Å². The Hall–Kier alpha value is -0.220. The molecule has 104 valence electrons. The quantitative estimate of drug-likeness (QED) is 0.691. The maximum Gasteiger partial charge on any atom is 0.154 e. The van der Waals surface area contributed by atoms with Gasteiger partial charge in [-0.15, -0.1) is 0 Å². The molecule has 0 saturated heterocycles. The van der Waals surface area contributed by atoms with Crippen molar-refractivity contribution < 1.29 is 4.42 Å². The maximum atomic E-state index is 6.32. The molecule has 19 heavy (non-hydrogen) atoms. The van der Waals surface area contributed by atoms with Gasteiger partial charge in [0.1, 0.15) is 5.76 Å². The summed E-state index contributed by atoms with van der Waals surface area (Å²) in [7, 11) is 0. The van der Waals surface area contributed by atoms with E-state index in [1.54, 1.807) is 6.07 Å². The number of benzene rings is 1. The molecule has 0 aliphatic heterocycles. The van der Waals surface area contributed by atoms with Crippen molar-refractivity contribution in [1.82, 2.24) is 5.32 Å². The molecule has 0 fully saturated rings. The predicted octanol–water partition coefficient (Wildman–Crippen LogP) is 5.70. The minimum absolute atomic E-state index is 0.0274. The minimum atomic E-state index is 0.0274. The molecule has 2 nitrogen and oxygen atoms in total. The van der Waals surface area contributed by atoms with Gasteiger partial charge in [0.05, 0.1) is 16.6 Å². The first-order valence-electron chi connectivity index (χ1n) is 6.01. The second kappa shape index (κ2) is 5.28. The summed E-state index contributed by atoms with van der Waals surface area (Å²) in [5.41, 5.74) is 1.71. The molecule has 1 heterocycles. The lowest BCUT2D eigenvalue weighted by atomic mass is 10.1. The topological polar surface area (TPSA) is 25.2 Å². The molecule has 5 heteroatoms. The molecule has 0 aliphatic rings. The Morgan fingerprint density at radius 1 is 1.32 bits per heavy atom. The fraction of sp³-hybridized carbons (Fsp3) is 0.429. The van der Waals surface area contributed by atoms with Crippen molar-refractivity contribution in [3.63, 3.8) is 0 Å². The summed E-state index contributed by atoms with van der Waals surface area (Å²) in [5, 5.41) is 5.49. The van der Waals surface area contributed by atoms with Crippen LogP contribution in [0.4, 0.5) is 0 Å². The average molecular weight is 365 g/mol. The SMILES string of the molecule is Cc1c(CNC(C)(C)C)oc2c(Cl)cc(Br)c(Cl)c12. The van der Waals surface area contributed by atoms with Crippen LogP contribution in [-0.4, -0.2) is 5.54 Å². The first-order valence-corrected chi connectivity index (χ1v) is 7.56. The fourth-order valence-corrected chi connectivity index (χ4v) is 2.95. The van der Waals surface area contributed by atoms with Crippen LogP contribution in [0.5, 0.6) is 0 Å². The monoisotopic (exact) mass is 363 g/mol. The maximum absolute atomic E-state index is 6.32. The highest BCUT2D eigenvalue weighted by molar-refractivity contribution is 9.10. The third-order valence-corrected chi connectivity index (χ3v) is 4.45. The van der Waals surface area contributed by atoms with Gasteiger partial charge < -0.3 is 9.73 Å². The Morgan fingerprint density at radius 2 is 1.95 bits per heavy atom. The van der Waals surface area contributed by atoms with Crippen molar-refractivity contribution in [3.05, 3.63) is 31.9 Å². The van der Waals surface area contributed by atoms with Crippen LogP contribution in [-0.2, 0) is 6.54 Å². The molecule has 0 atom stereocenters. The van der Waals surface area contributed by atoms with Crippen LogP contribution in [0, 0.1) is 6.92 Å². The van der Waals surface area contributed by atoms with Crippen LogP contribution >= 0.6 is 39.1 Å². The van der Waals surface area contributed by atoms with Gasteiger partial charge in [0.2, 0.25) is 0 Å². The number of furan rings is 1. The molecule has 0 amide bonds. The highest BCUT2D eigenvalue weighted by atomic mass is 79.9. The molecule has 0 radical (unpaired) electrons. The van der Waals surface area contributed by atoms with E-state index in [9.17, 15) is 0 Å². The van der Waals surface area contributed by atoms with E-state index in [0.717, 1.165) is 21.2 Å². The van der Waals surface area contributed by atoms with E-state index in [1.165, 1.54) is 0 Å². The van der Waals surface area contributed by atoms with E-state index in [4.69, 9.17) is 27.6 Å². The molecule has 2 rings (SSSR count). The van der Waals surface area contributed by atoms with Gasteiger partial charge in [-0.3, -0.25) is 0 Å². The Bertz CT molecular complexity index is 629. The van der Waals surface area contributed by atoms with Crippen LogP contribution in [0.1, 0.15) is 32.1 Å². The molecule has 1 aromatic heterocycles. The van der Waals surface area contributed by atoms with Gasteiger partial charge >= 0.3 is 0 Å². The van der Waals surface area contributed by atoms with Gasteiger partial charge in [-0.2, -0.15) is 0 Å². The Balaban J connectivity index is 2.51. The van der Waals surface area contributed by atoms with Crippen molar-refractivity contribution in [1.29, 1.82) is 0 Å². The molecule has 1 N–H and O–H groups in total. The lowest BCUT2D eigenvalue weighted by Crippen LogP contribution is -2.35. The highest BCUT2D eigenvalue weighted by Gasteiger charge is 2.19. The second-order valence-electron chi connectivity index (χ2n) is 5.61. The van der Waals surface area contributed by atoms with Crippen LogP contribution in [0.3, 0.4) is 0 Å². The number of aryl methyl sites for hydroxylation is 1. The van der Waals surface area contributed by atoms with Crippen LogP contribution < -0.4 is 5.32 Å². The standard InChI is InChI=1S/C14H16BrCl2NO/c1-7-10(6-18-14(2,3)4)19-13-9(16)5-8(15)12(17)11(7)13/h5,18H,6H2,1-4H3. The smallest absolute Gasteiger partial charge is 0.154 e. The molecule has 0 aliphatic carbocycles. The van der Waals surface area contributed by atoms with Gasteiger partial charge in [-0.1, -0.05) is 23.2 Å². The number of nitrogens with one attached hydrogen (secondary N) is 1. The predicted molar refractivity (Wildman–Crippen MR) is 85.3 cm³/mol. The highest BCUT2D eigenvalue weighted by Crippen LogP contribution is 2.40. The van der Waals surface area contributed by atoms with Gasteiger partial charge in [0.25, 0.3) is 0 Å². The Labute approximate surface area is 131 Å². The van der Waals surface area contributed by atoms with Crippen LogP contribution in [0.15, 0.2) is 15.0 Å². The molecular formula is C14H16BrCl2NO. The third-order valence-electron chi connectivity index (χ3n) is 2.92. The van der Waals surface area contributed by atoms with Crippen molar-refractivity contribution in [2.24, 2.45) is 0 Å². The first kappa shape index (κ1) is 15.2. The second-order valence-corrected chi connectivity index (χ2v) is 7.25. The van der Waals surface area contributed by atoms with E-state index in [-0.39, 0.29) is 5.54 Å². The van der Waals surface area contributed by atoms with E-state index in [0.29, 0.717) is 22.2 Å². The fourth-order valence-electron chi connectivity index (χ4n) is 1.87. The summed E-state index contributed by atoms with van der Waals surface area (Å²) < 4.78 is 6.64. The van der Waals surface area contributed by atoms with E-state index >= 15 is 0 Å². The summed E-state index contributed by atoms with van der Waals surface area (Å²) >= 11 is 15.9. The normalized spacial score (nSPS) is 12.4. The van der Waals surface area contributed by atoms with Crippen molar-refractivity contribution in [2.45, 2.75) is 39.8 Å². The Kier molecular flexibility index (Phi) is 4.22. The Morgan fingerprint density at radius 3 is 2.53 bits per heavy atom. The molecule has 0 saturated carbocycles. The molecule has 0 bridgehead atoms. The first-order chi connectivity index (χ1) is 8.70. The zero-order chi connectivity index (χ0) is 14.4. The van der Waals surface area contributed by atoms with E-state index in [1.807, 2.05) is 6.92 Å². The molecule has 2 aromatic rings. The van der Waals surface area contributed by atoms with Gasteiger partial charge in [-0.25, -0.2) is 0 Å². The van der Waals surface area contributed by atoms with Crippen molar-refractivity contribution in [3.8, 4) is 0 Å². The zero-order valence-corrected chi connectivity index (χ0v) is 14.4. The number of fused-ring (bicyclic) bond motifs is 1.